The van der Waals surface area contributed by atoms with Crippen molar-refractivity contribution >= 4 is 16.9 Å². The number of para-hydroxylation sites is 1. The number of hydrogen-bond donors (Lipinski definition) is 2. The third-order valence-corrected chi connectivity index (χ3v) is 6.21. The van der Waals surface area contributed by atoms with E-state index in [0.29, 0.717) is 19.6 Å². The molecule has 1 saturated heterocycles. The van der Waals surface area contributed by atoms with Gasteiger partial charge in [-0.15, -0.1) is 0 Å². The first-order valence-corrected chi connectivity index (χ1v) is 10.7. The molecule has 164 valence electrons. The zero-order chi connectivity index (χ0) is 22.1. The van der Waals surface area contributed by atoms with E-state index in [9.17, 15) is 9.90 Å². The number of aromatic amines is 1. The Kier molecular flexibility index (Phi) is 5.46. The lowest BCUT2D eigenvalue weighted by atomic mass is 9.97. The first-order chi connectivity index (χ1) is 15.6. The van der Waals surface area contributed by atoms with Gasteiger partial charge in [0.25, 0.3) is 0 Å². The van der Waals surface area contributed by atoms with Crippen molar-refractivity contribution in [1.29, 1.82) is 0 Å². The second-order valence-electron chi connectivity index (χ2n) is 8.17. The van der Waals surface area contributed by atoms with E-state index in [0.717, 1.165) is 52.2 Å². The molecule has 0 saturated carbocycles. The highest BCUT2D eigenvalue weighted by Gasteiger charge is 2.34. The SMILES string of the molecule is Cc1nonc1CN1CCN(C(C(=O)O)c2c(-c3ccccc3)[nH]c3ccccc23)CC1. The molecule has 5 rings (SSSR count). The Balaban J connectivity index is 1.46. The number of hydrogen-bond acceptors (Lipinski definition) is 6. The van der Waals surface area contributed by atoms with Crippen molar-refractivity contribution in [3.63, 3.8) is 0 Å². The second kappa shape index (κ2) is 8.57. The molecular weight excluding hydrogens is 406 g/mol. The van der Waals surface area contributed by atoms with Crippen molar-refractivity contribution in [2.24, 2.45) is 0 Å². The van der Waals surface area contributed by atoms with Gasteiger partial charge in [-0.3, -0.25) is 14.6 Å². The van der Waals surface area contributed by atoms with Crippen molar-refractivity contribution in [3.8, 4) is 11.3 Å². The van der Waals surface area contributed by atoms with Gasteiger partial charge in [-0.25, -0.2) is 4.63 Å². The van der Waals surface area contributed by atoms with Crippen LogP contribution < -0.4 is 0 Å². The normalized spacial score (nSPS) is 16.4. The van der Waals surface area contributed by atoms with Gasteiger partial charge >= 0.3 is 5.97 Å². The number of fused-ring (bicyclic) bond motifs is 1. The largest absolute Gasteiger partial charge is 0.480 e. The molecule has 3 heterocycles. The third kappa shape index (κ3) is 3.79. The number of aliphatic carboxylic acids is 1. The van der Waals surface area contributed by atoms with Crippen LogP contribution >= 0.6 is 0 Å². The van der Waals surface area contributed by atoms with Crippen LogP contribution in [0.1, 0.15) is 23.0 Å². The maximum Gasteiger partial charge on any atom is 0.325 e. The fraction of sp³-hybridized carbons (Fsp3) is 0.292. The number of carboxylic acid groups (broad SMARTS) is 1. The van der Waals surface area contributed by atoms with Crippen LogP contribution in [-0.4, -0.2) is 62.4 Å². The molecule has 32 heavy (non-hydrogen) atoms. The van der Waals surface area contributed by atoms with Gasteiger partial charge < -0.3 is 10.1 Å². The predicted molar refractivity (Wildman–Crippen MR) is 120 cm³/mol. The molecule has 1 atom stereocenters. The molecule has 8 heteroatoms. The van der Waals surface area contributed by atoms with Crippen LogP contribution in [0.3, 0.4) is 0 Å². The summed E-state index contributed by atoms with van der Waals surface area (Å²) in [6.45, 7) is 5.33. The molecule has 1 aliphatic rings. The van der Waals surface area contributed by atoms with Crippen LogP contribution in [0.5, 0.6) is 0 Å². The first-order valence-electron chi connectivity index (χ1n) is 10.7. The van der Waals surface area contributed by atoms with E-state index in [4.69, 9.17) is 4.63 Å². The minimum atomic E-state index is -0.836. The average Bonchev–Trinajstić information content (AvgIpc) is 3.39. The van der Waals surface area contributed by atoms with Crippen LogP contribution in [-0.2, 0) is 11.3 Å². The van der Waals surface area contributed by atoms with Gasteiger partial charge in [-0.1, -0.05) is 58.8 Å². The van der Waals surface area contributed by atoms with Crippen molar-refractivity contribution in [2.75, 3.05) is 26.2 Å². The molecule has 0 aliphatic carbocycles. The second-order valence-corrected chi connectivity index (χ2v) is 8.17. The highest BCUT2D eigenvalue weighted by atomic mass is 16.6. The molecule has 2 aromatic heterocycles. The van der Waals surface area contributed by atoms with Crippen LogP contribution in [0, 0.1) is 6.92 Å². The number of aromatic nitrogens is 3. The quantitative estimate of drug-likeness (QED) is 0.482. The lowest BCUT2D eigenvalue weighted by molar-refractivity contribution is -0.144. The molecule has 1 unspecified atom stereocenters. The van der Waals surface area contributed by atoms with Crippen LogP contribution in [0.15, 0.2) is 59.2 Å². The van der Waals surface area contributed by atoms with Crippen LogP contribution in [0.2, 0.25) is 0 Å². The average molecular weight is 431 g/mol. The maximum absolute atomic E-state index is 12.6. The van der Waals surface area contributed by atoms with Gasteiger partial charge in [-0.2, -0.15) is 0 Å². The van der Waals surface area contributed by atoms with Crippen molar-refractivity contribution < 1.29 is 14.5 Å². The number of rotatable bonds is 6. The number of carboxylic acids is 1. The van der Waals surface area contributed by atoms with Crippen molar-refractivity contribution in [3.05, 3.63) is 71.5 Å². The smallest absolute Gasteiger partial charge is 0.325 e. The Bertz CT molecular complexity index is 1220. The summed E-state index contributed by atoms with van der Waals surface area (Å²) in [6, 6.07) is 17.1. The highest BCUT2D eigenvalue weighted by Crippen LogP contribution is 2.37. The Hall–Kier alpha value is -3.49. The molecule has 2 N–H and O–H groups in total. The topological polar surface area (TPSA) is 98.5 Å². The molecule has 0 amide bonds. The van der Waals surface area contributed by atoms with Gasteiger partial charge in [0, 0.05) is 49.2 Å². The first kappa shape index (κ1) is 20.4. The molecule has 4 aromatic rings. The summed E-state index contributed by atoms with van der Waals surface area (Å²) in [6.07, 6.45) is 0. The molecule has 1 aliphatic heterocycles. The summed E-state index contributed by atoms with van der Waals surface area (Å²) in [5.74, 6) is -0.836. The number of H-pyrrole nitrogens is 1. The van der Waals surface area contributed by atoms with E-state index in [1.54, 1.807) is 0 Å². The monoisotopic (exact) mass is 431 g/mol. The zero-order valence-electron chi connectivity index (χ0n) is 17.9. The third-order valence-electron chi connectivity index (χ3n) is 6.21. The number of nitrogens with one attached hydrogen (secondary N) is 1. The lowest BCUT2D eigenvalue weighted by Crippen LogP contribution is -2.49. The van der Waals surface area contributed by atoms with Crippen molar-refractivity contribution in [1.82, 2.24) is 25.1 Å². The predicted octanol–water partition coefficient (Wildman–Crippen LogP) is 3.47. The highest BCUT2D eigenvalue weighted by molar-refractivity contribution is 5.95. The molecule has 0 radical (unpaired) electrons. The van der Waals surface area contributed by atoms with Crippen LogP contribution in [0.4, 0.5) is 0 Å². The van der Waals surface area contributed by atoms with E-state index < -0.39 is 12.0 Å². The Labute approximate surface area is 185 Å². The summed E-state index contributed by atoms with van der Waals surface area (Å²) in [5.41, 5.74) is 5.24. The summed E-state index contributed by atoms with van der Waals surface area (Å²) in [5, 5.41) is 19.1. The maximum atomic E-state index is 12.6. The zero-order valence-corrected chi connectivity index (χ0v) is 17.9. The van der Waals surface area contributed by atoms with E-state index in [2.05, 4.69) is 25.1 Å². The van der Waals surface area contributed by atoms with Gasteiger partial charge in [0.05, 0.1) is 5.69 Å². The molecular formula is C24H25N5O3. The molecule has 0 spiro atoms. The number of nitrogens with zero attached hydrogens (tertiary/aromatic N) is 4. The lowest BCUT2D eigenvalue weighted by Gasteiger charge is -2.37. The molecule has 8 nitrogen and oxygen atoms in total. The number of aryl methyl sites for hydroxylation is 1. The summed E-state index contributed by atoms with van der Waals surface area (Å²) >= 11 is 0. The summed E-state index contributed by atoms with van der Waals surface area (Å²) in [4.78, 5) is 20.4. The van der Waals surface area contributed by atoms with Gasteiger partial charge in [0.1, 0.15) is 17.4 Å². The number of benzene rings is 2. The van der Waals surface area contributed by atoms with Gasteiger partial charge in [0.15, 0.2) is 0 Å². The molecule has 0 bridgehead atoms. The summed E-state index contributed by atoms with van der Waals surface area (Å²) < 4.78 is 4.80. The Morgan fingerprint density at radius 1 is 1.06 bits per heavy atom. The van der Waals surface area contributed by atoms with Gasteiger partial charge in [0.2, 0.25) is 0 Å². The Morgan fingerprint density at radius 3 is 2.47 bits per heavy atom. The minimum absolute atomic E-state index is 0.648. The van der Waals surface area contributed by atoms with Crippen LogP contribution in [0.25, 0.3) is 22.2 Å². The van der Waals surface area contributed by atoms with Crippen molar-refractivity contribution in [2.45, 2.75) is 19.5 Å². The summed E-state index contributed by atoms with van der Waals surface area (Å²) in [7, 11) is 0. The Morgan fingerprint density at radius 2 is 1.78 bits per heavy atom. The van der Waals surface area contributed by atoms with E-state index in [1.165, 1.54) is 0 Å². The standard InChI is InChI=1S/C24H25N5O3/c1-16-20(27-32-26-16)15-28-11-13-29(14-12-28)23(24(30)31)21-18-9-5-6-10-19(18)25-22(21)17-7-3-2-4-8-17/h2-10,23,25H,11-15H2,1H3,(H,30,31). The molecule has 2 aromatic carbocycles. The minimum Gasteiger partial charge on any atom is -0.480 e. The molecule has 1 fully saturated rings. The van der Waals surface area contributed by atoms with E-state index in [1.807, 2.05) is 61.5 Å². The van der Waals surface area contributed by atoms with E-state index in [-0.39, 0.29) is 0 Å². The fourth-order valence-corrected chi connectivity index (χ4v) is 4.53. The number of piperazine rings is 1. The fourth-order valence-electron chi connectivity index (χ4n) is 4.53. The number of carbonyl (C=O) groups is 1. The van der Waals surface area contributed by atoms with Gasteiger partial charge in [-0.05, 0) is 18.6 Å². The van der Waals surface area contributed by atoms with E-state index >= 15 is 0 Å².